The van der Waals surface area contributed by atoms with E-state index in [1.54, 1.807) is 45.3 Å². The predicted octanol–water partition coefficient (Wildman–Crippen LogP) is 17.9. The first-order valence-electron chi connectivity index (χ1n) is 23.7. The number of fused-ring (bicyclic) bond motifs is 8. The highest BCUT2D eigenvalue weighted by Crippen LogP contribution is 2.66. The van der Waals surface area contributed by atoms with Gasteiger partial charge in [0.05, 0.1) is 97.7 Å². The number of thiazole rings is 4. The Morgan fingerprint density at radius 1 is 0.264 bits per heavy atom. The van der Waals surface area contributed by atoms with Crippen LogP contribution in [0.25, 0.3) is 83.2 Å². The normalized spacial score (nSPS) is 13.0. The fraction of sp³-hybridized carbons (Fsp3) is 0.0333. The first-order valence-corrected chi connectivity index (χ1v) is 26.9. The number of para-hydroxylation sites is 12. The second-order valence-corrected chi connectivity index (χ2v) is 22.0. The zero-order chi connectivity index (χ0) is 47.6. The number of nitrogens with zero attached hydrogens (tertiary/aromatic N) is 8. The minimum Gasteiger partial charge on any atom is -0.341 e. The Hall–Kier alpha value is -8.26. The maximum atomic E-state index is 5.71. The lowest BCUT2D eigenvalue weighted by molar-refractivity contribution is 1.12. The van der Waals surface area contributed by atoms with Crippen molar-refractivity contribution in [2.75, 3.05) is 33.7 Å². The van der Waals surface area contributed by atoms with Crippen molar-refractivity contribution in [2.24, 2.45) is 0 Å². The van der Waals surface area contributed by atoms with E-state index in [4.69, 9.17) is 19.9 Å². The van der Waals surface area contributed by atoms with E-state index in [9.17, 15) is 0 Å². The minimum absolute atomic E-state index is 0.879. The summed E-state index contributed by atoms with van der Waals surface area (Å²) in [4.78, 5) is 32.4. The fourth-order valence-electron chi connectivity index (χ4n) is 10.7. The molecule has 0 fully saturated rings. The average molecular weight is 999 g/mol. The number of hydrogen-bond donors (Lipinski definition) is 0. The molecular formula is C60H38N8S4. The molecule has 72 heavy (non-hydrogen) atoms. The zero-order valence-corrected chi connectivity index (χ0v) is 42.0. The number of hydrogen-bond acceptors (Lipinski definition) is 12. The van der Waals surface area contributed by atoms with Crippen molar-refractivity contribution in [1.82, 2.24) is 19.9 Å². The standard InChI is InChI=1S/C60H38N8S4/c1-65-39-23-7-11-27-43(39)67(44-28-12-8-24-40(44)65)55-51(57-61-35-19-3-15-31-47(35)69-57)53(59-63-37-21-5-17-33-49(37)71-59)56(68-45-29-13-9-25-41(45)66(2)42-26-10-14-30-46(42)68)54(60-64-38-22-6-18-34-50(38)72-60)52(55)58-62-36-20-4-16-32-48(36)70-58/h3-34H,1-2H3. The molecule has 0 bridgehead atoms. The van der Waals surface area contributed by atoms with Gasteiger partial charge in [0.1, 0.15) is 20.0 Å². The number of aromatic nitrogens is 4. The number of rotatable bonds is 6. The van der Waals surface area contributed by atoms with Gasteiger partial charge in [-0.25, -0.2) is 19.9 Å². The van der Waals surface area contributed by atoms with E-state index in [0.717, 1.165) is 140 Å². The van der Waals surface area contributed by atoms with E-state index in [-0.39, 0.29) is 0 Å². The van der Waals surface area contributed by atoms with Gasteiger partial charge in [0.15, 0.2) is 0 Å². The van der Waals surface area contributed by atoms with Crippen molar-refractivity contribution in [1.29, 1.82) is 0 Å². The summed E-state index contributed by atoms with van der Waals surface area (Å²) >= 11 is 6.88. The van der Waals surface area contributed by atoms with E-state index in [2.05, 4.69) is 228 Å². The quantitative estimate of drug-likeness (QED) is 0.163. The number of benzene rings is 9. The van der Waals surface area contributed by atoms with Gasteiger partial charge in [-0.2, -0.15) is 0 Å². The second-order valence-electron chi connectivity index (χ2n) is 17.9. The van der Waals surface area contributed by atoms with Crippen LogP contribution < -0.4 is 19.6 Å². The maximum absolute atomic E-state index is 5.71. The maximum Gasteiger partial charge on any atom is 0.127 e. The average Bonchev–Trinajstić information content (AvgIpc) is 4.26. The summed E-state index contributed by atoms with van der Waals surface area (Å²) in [6.07, 6.45) is 0. The van der Waals surface area contributed by atoms with Crippen LogP contribution in [0.1, 0.15) is 0 Å². The van der Waals surface area contributed by atoms with E-state index in [1.165, 1.54) is 0 Å². The summed E-state index contributed by atoms with van der Waals surface area (Å²) in [6.45, 7) is 0. The fourth-order valence-corrected chi connectivity index (χ4v) is 14.7. The molecule has 6 heterocycles. The molecule has 8 nitrogen and oxygen atoms in total. The molecule has 9 aromatic carbocycles. The summed E-state index contributed by atoms with van der Waals surface area (Å²) in [5, 5.41) is 3.52. The lowest BCUT2D eigenvalue weighted by Crippen LogP contribution is -2.27. The third-order valence-corrected chi connectivity index (χ3v) is 18.1. The molecule has 0 saturated carbocycles. The van der Waals surface area contributed by atoms with Gasteiger partial charge in [-0.15, -0.1) is 45.3 Å². The van der Waals surface area contributed by atoms with E-state index >= 15 is 0 Å². The van der Waals surface area contributed by atoms with Crippen molar-refractivity contribution in [3.63, 3.8) is 0 Å². The summed E-state index contributed by atoms with van der Waals surface area (Å²) in [7, 11) is 4.34. The lowest BCUT2D eigenvalue weighted by Gasteiger charge is -2.43. The zero-order valence-electron chi connectivity index (χ0n) is 38.7. The van der Waals surface area contributed by atoms with Crippen molar-refractivity contribution in [3.8, 4) is 42.3 Å². The lowest BCUT2D eigenvalue weighted by atomic mass is 9.89. The van der Waals surface area contributed by atoms with Crippen LogP contribution in [-0.4, -0.2) is 34.0 Å². The number of anilines is 10. The molecule has 0 radical (unpaired) electrons. The Labute approximate surface area is 430 Å². The van der Waals surface area contributed by atoms with Gasteiger partial charge >= 0.3 is 0 Å². The van der Waals surface area contributed by atoms with Crippen molar-refractivity contribution in [2.45, 2.75) is 0 Å². The third kappa shape index (κ3) is 6.20. The van der Waals surface area contributed by atoms with Crippen LogP contribution in [0.15, 0.2) is 194 Å². The van der Waals surface area contributed by atoms with Crippen molar-refractivity contribution < 1.29 is 0 Å². The molecule has 2 aliphatic heterocycles. The van der Waals surface area contributed by atoms with Gasteiger partial charge in [-0.05, 0) is 97.1 Å². The van der Waals surface area contributed by atoms with Gasteiger partial charge in [-0.1, -0.05) is 97.1 Å². The monoisotopic (exact) mass is 998 g/mol. The van der Waals surface area contributed by atoms with Gasteiger partial charge in [0.2, 0.25) is 0 Å². The first kappa shape index (κ1) is 41.5. The molecule has 342 valence electrons. The summed E-state index contributed by atoms with van der Waals surface area (Å²) in [5.41, 5.74) is 18.0. The molecule has 13 aromatic rings. The smallest absolute Gasteiger partial charge is 0.127 e. The molecule has 2 aliphatic rings. The summed E-state index contributed by atoms with van der Waals surface area (Å²) < 4.78 is 4.39. The molecule has 0 unspecified atom stereocenters. The van der Waals surface area contributed by atoms with Crippen molar-refractivity contribution in [3.05, 3.63) is 194 Å². The van der Waals surface area contributed by atoms with E-state index < -0.39 is 0 Å². The molecule has 0 amide bonds. The van der Waals surface area contributed by atoms with Gasteiger partial charge in [0, 0.05) is 36.3 Å². The van der Waals surface area contributed by atoms with Gasteiger partial charge < -0.3 is 19.6 Å². The SMILES string of the molecule is CN1c2ccccc2N(c2c(-c3nc4ccccc4s3)c(-c3nc4ccccc4s3)c(N3c4ccccc4N(C)c4ccccc43)c(-c3nc4ccccc4s3)c2-c2nc3ccccc3s2)c2ccccc21. The largest absolute Gasteiger partial charge is 0.341 e. The van der Waals surface area contributed by atoms with Crippen LogP contribution >= 0.6 is 45.3 Å². The van der Waals surface area contributed by atoms with Crippen LogP contribution in [-0.2, 0) is 0 Å². The van der Waals surface area contributed by atoms with E-state index in [1.807, 2.05) is 0 Å². The molecule has 15 rings (SSSR count). The van der Waals surface area contributed by atoms with Crippen LogP contribution in [0, 0.1) is 0 Å². The molecular weight excluding hydrogens is 961 g/mol. The Morgan fingerprint density at radius 2 is 0.472 bits per heavy atom. The van der Waals surface area contributed by atoms with Crippen LogP contribution in [0.2, 0.25) is 0 Å². The van der Waals surface area contributed by atoms with Gasteiger partial charge in [0.25, 0.3) is 0 Å². The van der Waals surface area contributed by atoms with Crippen LogP contribution in [0.4, 0.5) is 56.9 Å². The molecule has 4 aromatic heterocycles. The molecule has 12 heteroatoms. The molecule has 0 atom stereocenters. The molecule has 0 saturated heterocycles. The second kappa shape index (κ2) is 16.1. The topological polar surface area (TPSA) is 64.5 Å². The highest BCUT2D eigenvalue weighted by molar-refractivity contribution is 7.24. The molecule has 0 spiro atoms. The minimum atomic E-state index is 0.879. The van der Waals surface area contributed by atoms with E-state index in [0.29, 0.717) is 0 Å². The molecule has 0 N–H and O–H groups in total. The summed E-state index contributed by atoms with van der Waals surface area (Å²) in [5.74, 6) is 0. The van der Waals surface area contributed by atoms with Crippen LogP contribution in [0.3, 0.4) is 0 Å². The highest BCUT2D eigenvalue weighted by Gasteiger charge is 2.42. The Balaban J connectivity index is 1.25. The third-order valence-electron chi connectivity index (χ3n) is 13.9. The predicted molar refractivity (Wildman–Crippen MR) is 306 cm³/mol. The highest BCUT2D eigenvalue weighted by atomic mass is 32.1. The Bertz CT molecular complexity index is 3660. The van der Waals surface area contributed by atoms with Crippen molar-refractivity contribution >= 4 is 143 Å². The Kier molecular flexibility index (Phi) is 9.30. The Morgan fingerprint density at radius 3 is 0.708 bits per heavy atom. The first-order chi connectivity index (χ1) is 35.6. The molecule has 0 aliphatic carbocycles. The summed E-state index contributed by atoms with van der Waals surface area (Å²) in [6, 6.07) is 69.1. The van der Waals surface area contributed by atoms with Gasteiger partial charge in [-0.3, -0.25) is 0 Å². The van der Waals surface area contributed by atoms with Crippen LogP contribution in [0.5, 0.6) is 0 Å².